The summed E-state index contributed by atoms with van der Waals surface area (Å²) >= 11 is 1.99. The zero-order valence-electron chi connectivity index (χ0n) is 11.4. The summed E-state index contributed by atoms with van der Waals surface area (Å²) in [6, 6.07) is 0.411. The minimum atomic E-state index is 0.155. The Balaban J connectivity index is 4.25. The second kappa shape index (κ2) is 5.40. The molecule has 0 saturated carbocycles. The Morgan fingerprint density at radius 3 is 1.93 bits per heavy atom. The fraction of sp³-hybridized carbons (Fsp3) is 0.846. The van der Waals surface area contributed by atoms with Crippen molar-refractivity contribution in [3.8, 4) is 0 Å². The molecule has 1 nitrogen and oxygen atoms in total. The Bertz CT molecular complexity index is 208. The van der Waals surface area contributed by atoms with Gasteiger partial charge >= 0.3 is 0 Å². The summed E-state index contributed by atoms with van der Waals surface area (Å²) < 4.78 is 0.327. The van der Waals surface area contributed by atoms with Crippen LogP contribution in [0.3, 0.4) is 0 Å². The first kappa shape index (κ1) is 15.0. The molecule has 15 heavy (non-hydrogen) atoms. The molecular weight excluding hydrogens is 202 g/mol. The first-order chi connectivity index (χ1) is 6.51. The molecule has 0 fully saturated rings. The molecule has 0 heterocycles. The molecule has 0 saturated heterocycles. The molecule has 0 aromatic rings. The lowest BCUT2D eigenvalue weighted by Crippen LogP contribution is -2.45. The highest BCUT2D eigenvalue weighted by Crippen LogP contribution is 2.25. The molecule has 0 bridgehead atoms. The zero-order chi connectivity index (χ0) is 12.3. The van der Waals surface area contributed by atoms with E-state index in [-0.39, 0.29) is 5.54 Å². The van der Waals surface area contributed by atoms with Gasteiger partial charge in [0.1, 0.15) is 0 Å². The maximum absolute atomic E-state index is 4.06. The van der Waals surface area contributed by atoms with Crippen LogP contribution in [0.15, 0.2) is 12.2 Å². The largest absolute Gasteiger partial charge is 0.305 e. The highest BCUT2D eigenvalue weighted by molar-refractivity contribution is 8.00. The van der Waals surface area contributed by atoms with E-state index in [0.717, 1.165) is 5.75 Å². The third-order valence-electron chi connectivity index (χ3n) is 1.89. The van der Waals surface area contributed by atoms with E-state index in [1.807, 2.05) is 11.8 Å². The van der Waals surface area contributed by atoms with E-state index in [4.69, 9.17) is 0 Å². The number of hydrogen-bond acceptors (Lipinski definition) is 2. The van der Waals surface area contributed by atoms with Crippen LogP contribution in [0, 0.1) is 0 Å². The standard InChI is InChI=1S/C13H27NS/c1-10(2)11(14-12(3,4)5)9-15-13(6,7)8/h11,14H,1,9H2,2-8H3. The maximum atomic E-state index is 4.06. The molecule has 1 atom stereocenters. The molecule has 0 aliphatic heterocycles. The van der Waals surface area contributed by atoms with Gasteiger partial charge in [-0.25, -0.2) is 0 Å². The van der Waals surface area contributed by atoms with Crippen molar-refractivity contribution in [2.75, 3.05) is 5.75 Å². The van der Waals surface area contributed by atoms with Crippen LogP contribution >= 0.6 is 11.8 Å². The minimum absolute atomic E-state index is 0.155. The first-order valence-corrected chi connectivity index (χ1v) is 6.57. The lowest BCUT2D eigenvalue weighted by Gasteiger charge is -2.30. The van der Waals surface area contributed by atoms with Crippen LogP contribution in [0.25, 0.3) is 0 Å². The predicted molar refractivity (Wildman–Crippen MR) is 73.7 cm³/mol. The Kier molecular flexibility index (Phi) is 5.42. The van der Waals surface area contributed by atoms with Gasteiger partial charge in [-0.15, -0.1) is 0 Å². The smallest absolute Gasteiger partial charge is 0.0370 e. The van der Waals surface area contributed by atoms with Gasteiger partial charge in [-0.05, 0) is 27.7 Å². The fourth-order valence-corrected chi connectivity index (χ4v) is 2.20. The Morgan fingerprint density at radius 2 is 1.67 bits per heavy atom. The molecule has 0 spiro atoms. The van der Waals surface area contributed by atoms with E-state index in [0.29, 0.717) is 10.8 Å². The van der Waals surface area contributed by atoms with E-state index in [2.05, 4.69) is 60.4 Å². The van der Waals surface area contributed by atoms with Crippen LogP contribution in [0.1, 0.15) is 48.5 Å². The second-order valence-corrected chi connectivity index (χ2v) is 8.06. The van der Waals surface area contributed by atoms with E-state index >= 15 is 0 Å². The van der Waals surface area contributed by atoms with Crippen LogP contribution < -0.4 is 5.32 Å². The Hall–Kier alpha value is 0.0500. The molecule has 0 radical (unpaired) electrons. The Morgan fingerprint density at radius 1 is 1.20 bits per heavy atom. The van der Waals surface area contributed by atoms with Crippen molar-refractivity contribution in [2.45, 2.75) is 64.8 Å². The van der Waals surface area contributed by atoms with Gasteiger partial charge in [0.2, 0.25) is 0 Å². The van der Waals surface area contributed by atoms with Crippen molar-refractivity contribution in [1.82, 2.24) is 5.32 Å². The normalized spacial score (nSPS) is 15.1. The summed E-state index contributed by atoms with van der Waals surface area (Å²) in [5.74, 6) is 1.09. The van der Waals surface area contributed by atoms with Crippen LogP contribution in [0.5, 0.6) is 0 Å². The van der Waals surface area contributed by atoms with E-state index in [1.165, 1.54) is 5.57 Å². The average Bonchev–Trinajstić information content (AvgIpc) is 1.93. The van der Waals surface area contributed by atoms with Crippen LogP contribution in [-0.2, 0) is 0 Å². The topological polar surface area (TPSA) is 12.0 Å². The lowest BCUT2D eigenvalue weighted by molar-refractivity contribution is 0.398. The summed E-state index contributed by atoms with van der Waals surface area (Å²) in [4.78, 5) is 0. The van der Waals surface area contributed by atoms with Crippen molar-refractivity contribution < 1.29 is 0 Å². The maximum Gasteiger partial charge on any atom is 0.0370 e. The van der Waals surface area contributed by atoms with Gasteiger partial charge in [0, 0.05) is 22.1 Å². The number of nitrogens with one attached hydrogen (secondary N) is 1. The molecular formula is C13H27NS. The fourth-order valence-electron chi connectivity index (χ4n) is 1.16. The van der Waals surface area contributed by atoms with Gasteiger partial charge < -0.3 is 5.32 Å². The highest BCUT2D eigenvalue weighted by atomic mass is 32.2. The van der Waals surface area contributed by atoms with Gasteiger partial charge in [-0.1, -0.05) is 32.9 Å². The summed E-state index contributed by atoms with van der Waals surface area (Å²) in [6.45, 7) is 19.5. The molecule has 0 aromatic carbocycles. The lowest BCUT2D eigenvalue weighted by atomic mass is 10.0. The van der Waals surface area contributed by atoms with Gasteiger partial charge in [0.05, 0.1) is 0 Å². The second-order valence-electron chi connectivity index (χ2n) is 6.22. The van der Waals surface area contributed by atoms with Crippen molar-refractivity contribution in [3.63, 3.8) is 0 Å². The first-order valence-electron chi connectivity index (χ1n) is 5.58. The van der Waals surface area contributed by atoms with Crippen molar-refractivity contribution in [1.29, 1.82) is 0 Å². The van der Waals surface area contributed by atoms with E-state index in [9.17, 15) is 0 Å². The summed E-state index contributed by atoms with van der Waals surface area (Å²) in [6.07, 6.45) is 0. The summed E-state index contributed by atoms with van der Waals surface area (Å²) in [5, 5.41) is 3.61. The predicted octanol–water partition coefficient (Wildman–Crippen LogP) is 3.85. The Labute approximate surface area is 100 Å². The molecule has 0 amide bonds. The molecule has 2 heteroatoms. The molecule has 90 valence electrons. The number of hydrogen-bond donors (Lipinski definition) is 1. The molecule has 0 aliphatic rings. The number of rotatable bonds is 4. The third-order valence-corrected chi connectivity index (χ3v) is 3.25. The average molecular weight is 229 g/mol. The molecule has 0 aliphatic carbocycles. The SMILES string of the molecule is C=C(C)C(CSC(C)(C)C)NC(C)(C)C. The van der Waals surface area contributed by atoms with Crippen molar-refractivity contribution >= 4 is 11.8 Å². The molecule has 1 N–H and O–H groups in total. The van der Waals surface area contributed by atoms with Gasteiger partial charge in [0.25, 0.3) is 0 Å². The van der Waals surface area contributed by atoms with Crippen molar-refractivity contribution in [3.05, 3.63) is 12.2 Å². The van der Waals surface area contributed by atoms with Crippen LogP contribution in [-0.4, -0.2) is 22.1 Å². The molecule has 0 aromatic heterocycles. The van der Waals surface area contributed by atoms with E-state index < -0.39 is 0 Å². The highest BCUT2D eigenvalue weighted by Gasteiger charge is 2.20. The third kappa shape index (κ3) is 9.01. The quantitative estimate of drug-likeness (QED) is 0.735. The van der Waals surface area contributed by atoms with Crippen molar-refractivity contribution in [2.24, 2.45) is 0 Å². The van der Waals surface area contributed by atoms with Gasteiger partial charge in [-0.3, -0.25) is 0 Å². The molecule has 1 unspecified atom stereocenters. The van der Waals surface area contributed by atoms with Gasteiger partial charge in [-0.2, -0.15) is 11.8 Å². The monoisotopic (exact) mass is 229 g/mol. The zero-order valence-corrected chi connectivity index (χ0v) is 12.2. The number of thioether (sulfide) groups is 1. The molecule has 0 rings (SSSR count). The van der Waals surface area contributed by atoms with Crippen LogP contribution in [0.4, 0.5) is 0 Å². The summed E-state index contributed by atoms with van der Waals surface area (Å²) in [7, 11) is 0. The van der Waals surface area contributed by atoms with Gasteiger partial charge in [0.15, 0.2) is 0 Å². The summed E-state index contributed by atoms with van der Waals surface area (Å²) in [5.41, 5.74) is 1.38. The van der Waals surface area contributed by atoms with E-state index in [1.54, 1.807) is 0 Å². The minimum Gasteiger partial charge on any atom is -0.305 e. The van der Waals surface area contributed by atoms with Crippen LogP contribution in [0.2, 0.25) is 0 Å².